The second-order valence-corrected chi connectivity index (χ2v) is 6.68. The number of rotatable bonds is 3. The highest BCUT2D eigenvalue weighted by Gasteiger charge is 2.27. The van der Waals surface area contributed by atoms with Crippen molar-refractivity contribution in [1.82, 2.24) is 24.4 Å². The SMILES string of the molecule is CC1CC(CN)CCN1c1nc(-c2cnn(C)c2)cn2nccc12. The van der Waals surface area contributed by atoms with Crippen LogP contribution in [0.3, 0.4) is 0 Å². The van der Waals surface area contributed by atoms with E-state index in [4.69, 9.17) is 10.7 Å². The van der Waals surface area contributed by atoms with Crippen LogP contribution in [0, 0.1) is 5.92 Å². The summed E-state index contributed by atoms with van der Waals surface area (Å²) in [7, 11) is 1.91. The van der Waals surface area contributed by atoms with Crippen LogP contribution in [-0.4, -0.2) is 43.5 Å². The third kappa shape index (κ3) is 2.54. The van der Waals surface area contributed by atoms with Gasteiger partial charge >= 0.3 is 0 Å². The number of nitrogens with two attached hydrogens (primary N) is 1. The topological polar surface area (TPSA) is 77.3 Å². The van der Waals surface area contributed by atoms with Crippen molar-refractivity contribution < 1.29 is 0 Å². The lowest BCUT2D eigenvalue weighted by Gasteiger charge is -2.38. The van der Waals surface area contributed by atoms with Gasteiger partial charge in [0, 0.05) is 31.4 Å². The average Bonchev–Trinajstić information content (AvgIpc) is 3.22. The van der Waals surface area contributed by atoms with E-state index in [0.29, 0.717) is 12.0 Å². The molecule has 3 aromatic rings. The summed E-state index contributed by atoms with van der Waals surface area (Å²) in [6, 6.07) is 2.44. The number of fused-ring (bicyclic) bond motifs is 1. The van der Waals surface area contributed by atoms with E-state index in [1.807, 2.05) is 42.4 Å². The van der Waals surface area contributed by atoms with Crippen molar-refractivity contribution in [1.29, 1.82) is 0 Å². The van der Waals surface area contributed by atoms with E-state index >= 15 is 0 Å². The Morgan fingerprint density at radius 2 is 2.17 bits per heavy atom. The summed E-state index contributed by atoms with van der Waals surface area (Å²) in [5.41, 5.74) is 8.80. The Morgan fingerprint density at radius 1 is 1.29 bits per heavy atom. The smallest absolute Gasteiger partial charge is 0.155 e. The number of hydrogen-bond donors (Lipinski definition) is 1. The van der Waals surface area contributed by atoms with E-state index in [1.165, 1.54) is 0 Å². The summed E-state index contributed by atoms with van der Waals surface area (Å²) in [5.74, 6) is 1.61. The van der Waals surface area contributed by atoms with Crippen molar-refractivity contribution in [3.63, 3.8) is 0 Å². The van der Waals surface area contributed by atoms with E-state index in [9.17, 15) is 0 Å². The summed E-state index contributed by atoms with van der Waals surface area (Å²) in [6.07, 6.45) is 9.82. The molecule has 1 fully saturated rings. The van der Waals surface area contributed by atoms with Gasteiger partial charge in [0.15, 0.2) is 5.82 Å². The summed E-state index contributed by atoms with van der Waals surface area (Å²) >= 11 is 0. The molecule has 0 saturated carbocycles. The molecule has 1 aliphatic heterocycles. The first-order chi connectivity index (χ1) is 11.7. The van der Waals surface area contributed by atoms with Crippen LogP contribution >= 0.6 is 0 Å². The van der Waals surface area contributed by atoms with Gasteiger partial charge in [-0.15, -0.1) is 0 Å². The normalized spacial score (nSPS) is 21.5. The monoisotopic (exact) mass is 325 g/mol. The summed E-state index contributed by atoms with van der Waals surface area (Å²) in [5, 5.41) is 8.68. The highest BCUT2D eigenvalue weighted by Crippen LogP contribution is 2.31. The van der Waals surface area contributed by atoms with Gasteiger partial charge in [-0.1, -0.05) is 0 Å². The molecule has 0 bridgehead atoms. The summed E-state index contributed by atoms with van der Waals surface area (Å²) in [6.45, 7) is 4.00. The number of nitrogens with zero attached hydrogens (tertiary/aromatic N) is 6. The number of piperidine rings is 1. The third-order valence-corrected chi connectivity index (χ3v) is 4.96. The molecule has 1 saturated heterocycles. The second kappa shape index (κ2) is 5.90. The van der Waals surface area contributed by atoms with Crippen LogP contribution in [0.15, 0.2) is 30.9 Å². The van der Waals surface area contributed by atoms with Crippen LogP contribution in [0.2, 0.25) is 0 Å². The predicted octanol–water partition coefficient (Wildman–Crippen LogP) is 1.69. The lowest BCUT2D eigenvalue weighted by atomic mass is 9.92. The zero-order valence-electron chi connectivity index (χ0n) is 14.1. The fraction of sp³-hybridized carbons (Fsp3) is 0.471. The van der Waals surface area contributed by atoms with Gasteiger partial charge in [-0.25, -0.2) is 9.50 Å². The van der Waals surface area contributed by atoms with Gasteiger partial charge in [0.1, 0.15) is 5.52 Å². The van der Waals surface area contributed by atoms with Gasteiger partial charge in [0.25, 0.3) is 0 Å². The maximum Gasteiger partial charge on any atom is 0.155 e. The van der Waals surface area contributed by atoms with Crippen molar-refractivity contribution in [2.24, 2.45) is 18.7 Å². The lowest BCUT2D eigenvalue weighted by molar-refractivity contribution is 0.359. The van der Waals surface area contributed by atoms with Crippen LogP contribution in [0.5, 0.6) is 0 Å². The fourth-order valence-electron chi connectivity index (χ4n) is 3.61. The summed E-state index contributed by atoms with van der Waals surface area (Å²) in [4.78, 5) is 7.35. The van der Waals surface area contributed by atoms with Crippen LogP contribution in [0.4, 0.5) is 5.82 Å². The molecule has 0 aliphatic carbocycles. The molecule has 2 N–H and O–H groups in total. The quantitative estimate of drug-likeness (QED) is 0.793. The molecular formula is C17H23N7. The van der Waals surface area contributed by atoms with Crippen molar-refractivity contribution in [2.45, 2.75) is 25.8 Å². The van der Waals surface area contributed by atoms with Crippen LogP contribution < -0.4 is 10.6 Å². The van der Waals surface area contributed by atoms with Crippen LogP contribution in [0.25, 0.3) is 16.8 Å². The number of anilines is 1. The molecule has 0 amide bonds. The molecule has 24 heavy (non-hydrogen) atoms. The van der Waals surface area contributed by atoms with Gasteiger partial charge in [0.05, 0.1) is 24.3 Å². The largest absolute Gasteiger partial charge is 0.352 e. The minimum atomic E-state index is 0.419. The average molecular weight is 325 g/mol. The van der Waals surface area contributed by atoms with Gasteiger partial charge in [0.2, 0.25) is 0 Å². The Kier molecular flexibility index (Phi) is 3.72. The molecule has 7 nitrogen and oxygen atoms in total. The number of hydrogen-bond acceptors (Lipinski definition) is 5. The standard InChI is InChI=1S/C17H23N7/c1-12-7-13(8-18)4-6-23(12)17-16-3-5-19-24(16)11-15(21-17)14-9-20-22(2)10-14/h3,5,9-13H,4,6-8,18H2,1-2H3. The molecular weight excluding hydrogens is 302 g/mol. The minimum absolute atomic E-state index is 0.419. The van der Waals surface area contributed by atoms with E-state index in [2.05, 4.69) is 22.0 Å². The molecule has 1 aliphatic rings. The predicted molar refractivity (Wildman–Crippen MR) is 93.8 cm³/mol. The van der Waals surface area contributed by atoms with Crippen molar-refractivity contribution in [3.8, 4) is 11.3 Å². The molecule has 3 aromatic heterocycles. The minimum Gasteiger partial charge on any atom is -0.352 e. The van der Waals surface area contributed by atoms with Gasteiger partial charge < -0.3 is 10.6 Å². The maximum absolute atomic E-state index is 5.87. The first-order valence-corrected chi connectivity index (χ1v) is 8.46. The highest BCUT2D eigenvalue weighted by atomic mass is 15.3. The lowest BCUT2D eigenvalue weighted by Crippen LogP contribution is -2.43. The van der Waals surface area contributed by atoms with Crippen LogP contribution in [-0.2, 0) is 7.05 Å². The van der Waals surface area contributed by atoms with Gasteiger partial charge in [-0.2, -0.15) is 10.2 Å². The van der Waals surface area contributed by atoms with E-state index in [1.54, 1.807) is 4.68 Å². The maximum atomic E-state index is 5.87. The van der Waals surface area contributed by atoms with Crippen molar-refractivity contribution in [3.05, 3.63) is 30.9 Å². The fourth-order valence-corrected chi connectivity index (χ4v) is 3.61. The van der Waals surface area contributed by atoms with E-state index < -0.39 is 0 Å². The molecule has 2 unspecified atom stereocenters. The van der Waals surface area contributed by atoms with Gasteiger partial charge in [-0.3, -0.25) is 4.68 Å². The zero-order chi connectivity index (χ0) is 16.7. The summed E-state index contributed by atoms with van der Waals surface area (Å²) < 4.78 is 3.70. The van der Waals surface area contributed by atoms with E-state index in [-0.39, 0.29) is 0 Å². The Hall–Kier alpha value is -2.41. The first kappa shape index (κ1) is 15.1. The van der Waals surface area contributed by atoms with Crippen molar-refractivity contribution >= 4 is 11.3 Å². The molecule has 0 radical (unpaired) electrons. The highest BCUT2D eigenvalue weighted by molar-refractivity contribution is 5.73. The molecule has 7 heteroatoms. The Balaban J connectivity index is 1.78. The third-order valence-electron chi connectivity index (χ3n) is 4.96. The molecule has 4 rings (SSSR count). The molecule has 0 spiro atoms. The zero-order valence-corrected chi connectivity index (χ0v) is 14.1. The Morgan fingerprint density at radius 3 is 2.88 bits per heavy atom. The van der Waals surface area contributed by atoms with Gasteiger partial charge in [-0.05, 0) is 38.3 Å². The number of aryl methyl sites for hydroxylation is 1. The molecule has 2 atom stereocenters. The second-order valence-electron chi connectivity index (χ2n) is 6.68. The Labute approximate surface area is 141 Å². The first-order valence-electron chi connectivity index (χ1n) is 8.46. The molecule has 0 aromatic carbocycles. The van der Waals surface area contributed by atoms with Crippen LogP contribution in [0.1, 0.15) is 19.8 Å². The Bertz CT molecular complexity index is 850. The molecule has 126 valence electrons. The molecule has 4 heterocycles. The van der Waals surface area contributed by atoms with E-state index in [0.717, 1.165) is 48.5 Å². The number of aromatic nitrogens is 5. The van der Waals surface area contributed by atoms with Crippen molar-refractivity contribution in [2.75, 3.05) is 18.0 Å².